The largest absolute Gasteiger partial charge is 0.488 e. The van der Waals surface area contributed by atoms with Crippen molar-refractivity contribution in [1.82, 2.24) is 5.32 Å². The van der Waals surface area contributed by atoms with Gasteiger partial charge in [-0.25, -0.2) is 8.78 Å². The van der Waals surface area contributed by atoms with Gasteiger partial charge in [-0.2, -0.15) is 0 Å². The number of alkyl halides is 2. The zero-order valence-electron chi connectivity index (χ0n) is 9.38. The Bertz CT molecular complexity index is 305. The van der Waals surface area contributed by atoms with E-state index in [9.17, 15) is 8.78 Å². The number of halogens is 2. The molecule has 0 aliphatic heterocycles. The molecule has 0 aliphatic rings. The van der Waals surface area contributed by atoms with Gasteiger partial charge in [0.1, 0.15) is 12.4 Å². The number of rotatable bonds is 7. The van der Waals surface area contributed by atoms with Crippen molar-refractivity contribution < 1.29 is 13.5 Å². The normalized spacial score (nSPS) is 10.8. The van der Waals surface area contributed by atoms with Crippen LogP contribution in [0.25, 0.3) is 0 Å². The van der Waals surface area contributed by atoms with Crippen LogP contribution in [0.5, 0.6) is 5.75 Å². The molecule has 0 unspecified atom stereocenters. The standard InChI is InChI=1S/C12H17F2NO/c1-2-6-15-8-10-4-3-5-11(7-10)16-9-12(13)14/h3-5,7,12,15H,2,6,8-9H2,1H3. The molecular formula is C12H17F2NO. The summed E-state index contributed by atoms with van der Waals surface area (Å²) in [5, 5.41) is 3.24. The molecule has 0 radical (unpaired) electrons. The Kier molecular flexibility index (Phi) is 5.78. The van der Waals surface area contributed by atoms with Crippen LogP contribution in [0.15, 0.2) is 24.3 Å². The summed E-state index contributed by atoms with van der Waals surface area (Å²) in [6.07, 6.45) is -1.36. The van der Waals surface area contributed by atoms with E-state index in [2.05, 4.69) is 12.2 Å². The van der Waals surface area contributed by atoms with Gasteiger partial charge >= 0.3 is 0 Å². The summed E-state index contributed by atoms with van der Waals surface area (Å²) in [5.41, 5.74) is 1.04. The molecule has 1 rings (SSSR count). The molecule has 0 aromatic heterocycles. The van der Waals surface area contributed by atoms with Gasteiger partial charge in [0.15, 0.2) is 0 Å². The van der Waals surface area contributed by atoms with E-state index in [0.29, 0.717) is 5.75 Å². The van der Waals surface area contributed by atoms with Gasteiger partial charge in [-0.1, -0.05) is 19.1 Å². The summed E-state index contributed by atoms with van der Waals surface area (Å²) in [6, 6.07) is 7.22. The van der Waals surface area contributed by atoms with Crippen molar-refractivity contribution in [3.63, 3.8) is 0 Å². The maximum absolute atomic E-state index is 11.9. The predicted octanol–water partition coefficient (Wildman–Crippen LogP) is 2.83. The van der Waals surface area contributed by atoms with Gasteiger partial charge in [-0.05, 0) is 30.7 Å². The van der Waals surface area contributed by atoms with Gasteiger partial charge in [-0.15, -0.1) is 0 Å². The molecule has 1 aromatic rings. The Morgan fingerprint density at radius 3 is 2.88 bits per heavy atom. The first kappa shape index (κ1) is 12.9. The third-order valence-corrected chi connectivity index (χ3v) is 2.03. The number of ether oxygens (including phenoxy) is 1. The summed E-state index contributed by atoms with van der Waals surface area (Å²) >= 11 is 0. The van der Waals surface area contributed by atoms with Crippen LogP contribution in [0.1, 0.15) is 18.9 Å². The Balaban J connectivity index is 2.43. The van der Waals surface area contributed by atoms with Crippen LogP contribution < -0.4 is 10.1 Å². The Labute approximate surface area is 94.6 Å². The molecule has 0 saturated heterocycles. The van der Waals surface area contributed by atoms with Crippen LogP contribution in [0.2, 0.25) is 0 Å². The quantitative estimate of drug-likeness (QED) is 0.726. The molecule has 90 valence electrons. The van der Waals surface area contributed by atoms with Crippen molar-refractivity contribution in [2.75, 3.05) is 13.2 Å². The number of nitrogens with one attached hydrogen (secondary N) is 1. The number of benzene rings is 1. The Hall–Kier alpha value is -1.16. The van der Waals surface area contributed by atoms with Crippen LogP contribution in [0.4, 0.5) is 8.78 Å². The second-order valence-corrected chi connectivity index (χ2v) is 3.53. The highest BCUT2D eigenvalue weighted by Crippen LogP contribution is 2.14. The molecule has 0 saturated carbocycles. The average molecular weight is 229 g/mol. The average Bonchev–Trinajstić information content (AvgIpc) is 2.27. The Morgan fingerprint density at radius 2 is 2.19 bits per heavy atom. The second kappa shape index (κ2) is 7.17. The van der Waals surface area contributed by atoms with Crippen LogP contribution in [0, 0.1) is 0 Å². The zero-order chi connectivity index (χ0) is 11.8. The lowest BCUT2D eigenvalue weighted by Gasteiger charge is -2.08. The highest BCUT2D eigenvalue weighted by Gasteiger charge is 2.03. The van der Waals surface area contributed by atoms with Crippen LogP contribution in [-0.4, -0.2) is 19.6 Å². The van der Waals surface area contributed by atoms with Crippen LogP contribution in [0.3, 0.4) is 0 Å². The molecule has 0 fully saturated rings. The van der Waals surface area contributed by atoms with Crippen molar-refractivity contribution in [3.8, 4) is 5.75 Å². The van der Waals surface area contributed by atoms with Crippen molar-refractivity contribution in [1.29, 1.82) is 0 Å². The van der Waals surface area contributed by atoms with Crippen molar-refractivity contribution in [2.24, 2.45) is 0 Å². The lowest BCUT2D eigenvalue weighted by molar-refractivity contribution is 0.0818. The van der Waals surface area contributed by atoms with Gasteiger partial charge in [0, 0.05) is 6.54 Å². The van der Waals surface area contributed by atoms with E-state index in [0.717, 1.165) is 25.1 Å². The lowest BCUT2D eigenvalue weighted by Crippen LogP contribution is -2.14. The fourth-order valence-electron chi connectivity index (χ4n) is 1.31. The summed E-state index contributed by atoms with van der Waals surface area (Å²) in [7, 11) is 0. The topological polar surface area (TPSA) is 21.3 Å². The third-order valence-electron chi connectivity index (χ3n) is 2.03. The van der Waals surface area contributed by atoms with Crippen molar-refractivity contribution in [3.05, 3.63) is 29.8 Å². The second-order valence-electron chi connectivity index (χ2n) is 3.53. The monoisotopic (exact) mass is 229 g/mol. The smallest absolute Gasteiger partial charge is 0.272 e. The fraction of sp³-hybridized carbons (Fsp3) is 0.500. The van der Waals surface area contributed by atoms with E-state index in [1.165, 1.54) is 0 Å². The Morgan fingerprint density at radius 1 is 1.38 bits per heavy atom. The summed E-state index contributed by atoms with van der Waals surface area (Å²) in [5.74, 6) is 0.496. The lowest BCUT2D eigenvalue weighted by atomic mass is 10.2. The van der Waals surface area contributed by atoms with Crippen LogP contribution in [-0.2, 0) is 6.54 Å². The third kappa shape index (κ3) is 5.07. The van der Waals surface area contributed by atoms with E-state index in [1.54, 1.807) is 12.1 Å². The molecule has 0 heterocycles. The first-order valence-electron chi connectivity index (χ1n) is 5.43. The predicted molar refractivity (Wildman–Crippen MR) is 59.9 cm³/mol. The molecular weight excluding hydrogens is 212 g/mol. The SMILES string of the molecule is CCCNCc1cccc(OCC(F)F)c1. The molecule has 1 N–H and O–H groups in total. The molecule has 1 aromatic carbocycles. The molecule has 0 atom stereocenters. The minimum absolute atomic E-state index is 0.496. The molecule has 0 bridgehead atoms. The van der Waals surface area contributed by atoms with E-state index < -0.39 is 13.0 Å². The number of hydrogen-bond donors (Lipinski definition) is 1. The van der Waals surface area contributed by atoms with Gasteiger partial charge in [0.05, 0.1) is 0 Å². The summed E-state index contributed by atoms with van der Waals surface area (Å²) < 4.78 is 28.8. The van der Waals surface area contributed by atoms with Gasteiger partial charge in [-0.3, -0.25) is 0 Å². The summed E-state index contributed by atoms with van der Waals surface area (Å²) in [6.45, 7) is 3.23. The van der Waals surface area contributed by atoms with E-state index in [4.69, 9.17) is 4.74 Å². The molecule has 0 aliphatic carbocycles. The van der Waals surface area contributed by atoms with E-state index in [-0.39, 0.29) is 0 Å². The van der Waals surface area contributed by atoms with Crippen molar-refractivity contribution >= 4 is 0 Å². The molecule has 4 heteroatoms. The highest BCUT2D eigenvalue weighted by molar-refractivity contribution is 5.28. The zero-order valence-corrected chi connectivity index (χ0v) is 9.38. The minimum Gasteiger partial charge on any atom is -0.488 e. The van der Waals surface area contributed by atoms with Crippen molar-refractivity contribution in [2.45, 2.75) is 26.3 Å². The minimum atomic E-state index is -2.43. The van der Waals surface area contributed by atoms with Gasteiger partial charge in [0.25, 0.3) is 6.43 Å². The van der Waals surface area contributed by atoms with E-state index in [1.807, 2.05) is 12.1 Å². The molecule has 2 nitrogen and oxygen atoms in total. The number of hydrogen-bond acceptors (Lipinski definition) is 2. The first-order chi connectivity index (χ1) is 7.72. The first-order valence-corrected chi connectivity index (χ1v) is 5.43. The van der Waals surface area contributed by atoms with Gasteiger partial charge < -0.3 is 10.1 Å². The molecule has 0 amide bonds. The molecule has 0 spiro atoms. The summed E-state index contributed by atoms with van der Waals surface area (Å²) in [4.78, 5) is 0. The van der Waals surface area contributed by atoms with Crippen LogP contribution >= 0.6 is 0 Å². The maximum Gasteiger partial charge on any atom is 0.272 e. The van der Waals surface area contributed by atoms with E-state index >= 15 is 0 Å². The molecule has 16 heavy (non-hydrogen) atoms. The maximum atomic E-state index is 11.9. The van der Waals surface area contributed by atoms with Gasteiger partial charge in [0.2, 0.25) is 0 Å². The fourth-order valence-corrected chi connectivity index (χ4v) is 1.31. The highest BCUT2D eigenvalue weighted by atomic mass is 19.3.